The maximum absolute atomic E-state index is 9.31. The van der Waals surface area contributed by atoms with Crippen LogP contribution in [0.2, 0.25) is 0 Å². The summed E-state index contributed by atoms with van der Waals surface area (Å²) in [5.41, 5.74) is 0. The lowest BCUT2D eigenvalue weighted by Gasteiger charge is -2.21. The van der Waals surface area contributed by atoms with Crippen LogP contribution < -0.4 is 0 Å². The van der Waals surface area contributed by atoms with Gasteiger partial charge in [0.15, 0.2) is 0 Å². The third-order valence-electron chi connectivity index (χ3n) is 2.62. The second-order valence-corrected chi connectivity index (χ2v) is 4.60. The highest BCUT2D eigenvalue weighted by Crippen LogP contribution is 2.25. The first-order valence-corrected chi connectivity index (χ1v) is 5.51. The summed E-state index contributed by atoms with van der Waals surface area (Å²) in [5, 5.41) is 9.31. The molecule has 2 heterocycles. The van der Waals surface area contributed by atoms with Gasteiger partial charge in [0.25, 0.3) is 0 Å². The van der Waals surface area contributed by atoms with Crippen LogP contribution >= 0.6 is 11.8 Å². The first kappa shape index (κ1) is 7.90. The highest BCUT2D eigenvalue weighted by atomic mass is 32.2. The number of nitrogens with zero attached hydrogens (tertiary/aromatic N) is 1. The molecule has 0 saturated carbocycles. The summed E-state index contributed by atoms with van der Waals surface area (Å²) in [6.07, 6.45) is 2.28. The van der Waals surface area contributed by atoms with Gasteiger partial charge < -0.3 is 5.11 Å². The van der Waals surface area contributed by atoms with Gasteiger partial charge in [-0.05, 0) is 18.6 Å². The largest absolute Gasteiger partial charge is 0.392 e. The second kappa shape index (κ2) is 3.33. The number of aliphatic hydroxyl groups excluding tert-OH is 1. The van der Waals surface area contributed by atoms with Gasteiger partial charge in [-0.1, -0.05) is 0 Å². The lowest BCUT2D eigenvalue weighted by atomic mass is 10.2. The van der Waals surface area contributed by atoms with Crippen LogP contribution in [0.15, 0.2) is 0 Å². The zero-order valence-electron chi connectivity index (χ0n) is 6.70. The monoisotopic (exact) mass is 173 g/mol. The van der Waals surface area contributed by atoms with Gasteiger partial charge in [0, 0.05) is 24.9 Å². The summed E-state index contributed by atoms with van der Waals surface area (Å²) < 4.78 is 0. The average molecular weight is 173 g/mol. The van der Waals surface area contributed by atoms with E-state index < -0.39 is 0 Å². The van der Waals surface area contributed by atoms with Crippen LogP contribution in [0.3, 0.4) is 0 Å². The molecule has 0 spiro atoms. The summed E-state index contributed by atoms with van der Waals surface area (Å²) in [5.74, 6) is 2.60. The molecule has 0 bridgehead atoms. The third-order valence-corrected chi connectivity index (χ3v) is 3.76. The van der Waals surface area contributed by atoms with Crippen molar-refractivity contribution in [3.63, 3.8) is 0 Å². The average Bonchev–Trinajstić information content (AvgIpc) is 2.55. The number of hydrogen-bond donors (Lipinski definition) is 1. The molecule has 2 nitrogen and oxygen atoms in total. The smallest absolute Gasteiger partial charge is 0.0679 e. The predicted octanol–water partition coefficient (Wildman–Crippen LogP) is 0.559. The van der Waals surface area contributed by atoms with E-state index in [1.54, 1.807) is 0 Å². The van der Waals surface area contributed by atoms with E-state index in [9.17, 15) is 5.11 Å². The van der Waals surface area contributed by atoms with Crippen LogP contribution in [0.25, 0.3) is 0 Å². The second-order valence-electron chi connectivity index (χ2n) is 3.45. The fourth-order valence-corrected chi connectivity index (χ4v) is 3.16. The third kappa shape index (κ3) is 1.71. The van der Waals surface area contributed by atoms with E-state index in [4.69, 9.17) is 0 Å². The van der Waals surface area contributed by atoms with Crippen molar-refractivity contribution in [2.75, 3.05) is 24.6 Å². The number of β-amino-alcohol motifs (C(OH)–C–C–N with tert-alkyl or cyclic N) is 1. The van der Waals surface area contributed by atoms with Crippen LogP contribution in [-0.4, -0.2) is 46.7 Å². The predicted molar refractivity (Wildman–Crippen MR) is 47.9 cm³/mol. The molecular formula is C8H15NOS. The zero-order chi connectivity index (χ0) is 7.68. The van der Waals surface area contributed by atoms with Crippen molar-refractivity contribution in [3.05, 3.63) is 0 Å². The molecule has 2 aliphatic rings. The number of likely N-dealkylation sites (tertiary alicyclic amines) is 1. The fraction of sp³-hybridized carbons (Fsp3) is 1.00. The van der Waals surface area contributed by atoms with E-state index >= 15 is 0 Å². The molecule has 2 atom stereocenters. The molecule has 2 rings (SSSR count). The van der Waals surface area contributed by atoms with E-state index in [1.807, 2.05) is 11.8 Å². The lowest BCUT2D eigenvalue weighted by Crippen LogP contribution is -2.33. The topological polar surface area (TPSA) is 23.5 Å². The van der Waals surface area contributed by atoms with E-state index in [2.05, 4.69) is 4.90 Å². The summed E-state index contributed by atoms with van der Waals surface area (Å²) >= 11 is 2.05. The van der Waals surface area contributed by atoms with Crippen molar-refractivity contribution in [1.82, 2.24) is 4.90 Å². The maximum atomic E-state index is 9.31. The normalized spacial score (nSPS) is 40.1. The fourth-order valence-electron chi connectivity index (χ4n) is 1.91. The minimum absolute atomic E-state index is 0.0411. The van der Waals surface area contributed by atoms with Crippen molar-refractivity contribution in [1.29, 1.82) is 0 Å². The Morgan fingerprint density at radius 2 is 2.27 bits per heavy atom. The van der Waals surface area contributed by atoms with Gasteiger partial charge in [0.2, 0.25) is 0 Å². The molecule has 2 saturated heterocycles. The zero-order valence-corrected chi connectivity index (χ0v) is 7.52. The van der Waals surface area contributed by atoms with Gasteiger partial charge in [-0.3, -0.25) is 4.90 Å². The molecule has 11 heavy (non-hydrogen) atoms. The molecule has 1 N–H and O–H groups in total. The van der Waals surface area contributed by atoms with Crippen LogP contribution in [0.1, 0.15) is 12.8 Å². The molecule has 3 heteroatoms. The summed E-state index contributed by atoms with van der Waals surface area (Å²) in [6, 6.07) is 0.775. The molecule has 2 fully saturated rings. The van der Waals surface area contributed by atoms with Gasteiger partial charge >= 0.3 is 0 Å². The summed E-state index contributed by atoms with van der Waals surface area (Å²) in [6.45, 7) is 2.04. The van der Waals surface area contributed by atoms with E-state index in [0.717, 1.165) is 25.6 Å². The minimum atomic E-state index is -0.0411. The molecule has 0 aliphatic carbocycles. The number of rotatable bonds is 1. The van der Waals surface area contributed by atoms with Gasteiger partial charge in [-0.25, -0.2) is 0 Å². The molecule has 0 aromatic heterocycles. The standard InChI is InChI=1S/C8H15NOS/c10-8-1-3-9(5-8)7-2-4-11-6-7/h7-8,10H,1-6H2. The van der Waals surface area contributed by atoms with Crippen LogP contribution in [0.4, 0.5) is 0 Å². The van der Waals surface area contributed by atoms with Gasteiger partial charge in [-0.2, -0.15) is 11.8 Å². The van der Waals surface area contributed by atoms with E-state index in [1.165, 1.54) is 17.9 Å². The van der Waals surface area contributed by atoms with Crippen LogP contribution in [-0.2, 0) is 0 Å². The first-order chi connectivity index (χ1) is 5.36. The van der Waals surface area contributed by atoms with Crippen molar-refractivity contribution in [2.24, 2.45) is 0 Å². The van der Waals surface area contributed by atoms with Gasteiger partial charge in [0.1, 0.15) is 0 Å². The molecule has 0 amide bonds. The lowest BCUT2D eigenvalue weighted by molar-refractivity contribution is 0.164. The Morgan fingerprint density at radius 3 is 2.82 bits per heavy atom. The Morgan fingerprint density at radius 1 is 1.36 bits per heavy atom. The molecule has 0 aromatic carbocycles. The van der Waals surface area contributed by atoms with Crippen LogP contribution in [0, 0.1) is 0 Å². The summed E-state index contributed by atoms with van der Waals surface area (Å²) in [7, 11) is 0. The van der Waals surface area contributed by atoms with Crippen molar-refractivity contribution in [2.45, 2.75) is 25.0 Å². The van der Waals surface area contributed by atoms with Crippen molar-refractivity contribution < 1.29 is 5.11 Å². The van der Waals surface area contributed by atoms with E-state index in [0.29, 0.717) is 0 Å². The number of aliphatic hydroxyl groups is 1. The van der Waals surface area contributed by atoms with E-state index in [-0.39, 0.29) is 6.10 Å². The number of thioether (sulfide) groups is 1. The Balaban J connectivity index is 1.85. The van der Waals surface area contributed by atoms with Crippen molar-refractivity contribution >= 4 is 11.8 Å². The van der Waals surface area contributed by atoms with Crippen molar-refractivity contribution in [3.8, 4) is 0 Å². The Bertz CT molecular complexity index is 136. The Hall–Kier alpha value is 0.270. The molecular weight excluding hydrogens is 158 g/mol. The maximum Gasteiger partial charge on any atom is 0.0679 e. The highest BCUT2D eigenvalue weighted by molar-refractivity contribution is 7.99. The Labute approximate surface area is 72.0 Å². The highest BCUT2D eigenvalue weighted by Gasteiger charge is 2.28. The van der Waals surface area contributed by atoms with Gasteiger partial charge in [0.05, 0.1) is 6.10 Å². The van der Waals surface area contributed by atoms with Crippen LogP contribution in [0.5, 0.6) is 0 Å². The summed E-state index contributed by atoms with van der Waals surface area (Å²) in [4.78, 5) is 2.45. The molecule has 2 aliphatic heterocycles. The quantitative estimate of drug-likeness (QED) is 0.627. The molecule has 0 radical (unpaired) electrons. The molecule has 0 aromatic rings. The first-order valence-electron chi connectivity index (χ1n) is 4.36. The Kier molecular flexibility index (Phi) is 2.39. The van der Waals surface area contributed by atoms with Gasteiger partial charge in [-0.15, -0.1) is 0 Å². The SMILES string of the molecule is OC1CCN(C2CCSC2)C1. The minimum Gasteiger partial charge on any atom is -0.392 e. The molecule has 64 valence electrons. The molecule has 2 unspecified atom stereocenters. The number of hydrogen-bond acceptors (Lipinski definition) is 3.